The lowest BCUT2D eigenvalue weighted by Crippen LogP contribution is -2.01. The Morgan fingerprint density at radius 3 is 2.14 bits per heavy atom. The third-order valence-corrected chi connectivity index (χ3v) is 3.29. The van der Waals surface area contributed by atoms with Crippen molar-refractivity contribution in [3.05, 3.63) is 11.6 Å². The van der Waals surface area contributed by atoms with Crippen LogP contribution >= 0.6 is 0 Å². The average Bonchev–Trinajstić information content (AvgIpc) is 2.47. The number of esters is 1. The van der Waals surface area contributed by atoms with E-state index in [9.17, 15) is 4.79 Å². The van der Waals surface area contributed by atoms with Gasteiger partial charge in [0.1, 0.15) is 0 Å². The van der Waals surface area contributed by atoms with Crippen molar-refractivity contribution in [1.82, 2.24) is 0 Å². The highest BCUT2D eigenvalue weighted by Gasteiger charge is 2.02. The van der Waals surface area contributed by atoms with Gasteiger partial charge in [-0.1, -0.05) is 38.7 Å². The standard InChI is InChI=1S/C19H32O2/c1-4-7-9-10-11-12-13-14-16-18(15-8-5-2)17-19(20)21-6-3/h17H,4-10,13-16H2,1-3H3/b18-17+. The monoisotopic (exact) mass is 292 g/mol. The molecule has 0 aliphatic heterocycles. The Balaban J connectivity index is 4.03. The number of allylic oxidation sites excluding steroid dienone is 1. The number of unbranched alkanes of at least 4 members (excludes halogenated alkanes) is 5. The average molecular weight is 292 g/mol. The van der Waals surface area contributed by atoms with Crippen molar-refractivity contribution in [2.24, 2.45) is 0 Å². The summed E-state index contributed by atoms with van der Waals surface area (Å²) in [6.45, 7) is 6.66. The van der Waals surface area contributed by atoms with Gasteiger partial charge in [-0.3, -0.25) is 0 Å². The normalized spacial score (nSPS) is 10.9. The summed E-state index contributed by atoms with van der Waals surface area (Å²) >= 11 is 0. The number of hydrogen-bond acceptors (Lipinski definition) is 2. The molecule has 0 N–H and O–H groups in total. The summed E-state index contributed by atoms with van der Waals surface area (Å²) < 4.78 is 4.99. The molecule has 0 fully saturated rings. The Kier molecular flexibility index (Phi) is 14.3. The molecule has 0 radical (unpaired) electrons. The van der Waals surface area contributed by atoms with Gasteiger partial charge < -0.3 is 4.74 Å². The van der Waals surface area contributed by atoms with E-state index >= 15 is 0 Å². The molecule has 0 atom stereocenters. The molecule has 0 saturated heterocycles. The zero-order valence-corrected chi connectivity index (χ0v) is 14.2. The minimum absolute atomic E-state index is 0.200. The van der Waals surface area contributed by atoms with Crippen LogP contribution in [0.1, 0.15) is 85.0 Å². The van der Waals surface area contributed by atoms with E-state index < -0.39 is 0 Å². The van der Waals surface area contributed by atoms with E-state index in [1.807, 2.05) is 6.92 Å². The highest BCUT2D eigenvalue weighted by Crippen LogP contribution is 2.15. The maximum absolute atomic E-state index is 11.5. The molecule has 0 rings (SSSR count). The van der Waals surface area contributed by atoms with E-state index in [1.54, 1.807) is 6.08 Å². The summed E-state index contributed by atoms with van der Waals surface area (Å²) in [4.78, 5) is 11.5. The predicted molar refractivity (Wildman–Crippen MR) is 90.0 cm³/mol. The lowest BCUT2D eigenvalue weighted by Gasteiger charge is -2.06. The molecule has 120 valence electrons. The van der Waals surface area contributed by atoms with E-state index in [0.717, 1.165) is 44.9 Å². The maximum atomic E-state index is 11.5. The van der Waals surface area contributed by atoms with E-state index in [2.05, 4.69) is 25.7 Å². The van der Waals surface area contributed by atoms with Crippen LogP contribution in [0.4, 0.5) is 0 Å². The first-order valence-electron chi connectivity index (χ1n) is 8.56. The summed E-state index contributed by atoms with van der Waals surface area (Å²) in [6, 6.07) is 0. The highest BCUT2D eigenvalue weighted by atomic mass is 16.5. The molecule has 0 aliphatic rings. The molecular weight excluding hydrogens is 260 g/mol. The van der Waals surface area contributed by atoms with Crippen LogP contribution in [-0.4, -0.2) is 12.6 Å². The van der Waals surface area contributed by atoms with Crippen LogP contribution in [0.5, 0.6) is 0 Å². The third kappa shape index (κ3) is 13.5. The molecule has 2 nitrogen and oxygen atoms in total. The fourth-order valence-corrected chi connectivity index (χ4v) is 2.07. The third-order valence-electron chi connectivity index (χ3n) is 3.29. The second-order valence-corrected chi connectivity index (χ2v) is 5.32. The Hall–Kier alpha value is -1.23. The fourth-order valence-electron chi connectivity index (χ4n) is 2.07. The van der Waals surface area contributed by atoms with Gasteiger partial charge in [0, 0.05) is 18.9 Å². The Bertz CT molecular complexity index is 344. The number of hydrogen-bond donors (Lipinski definition) is 0. The molecule has 2 heteroatoms. The molecule has 0 aliphatic carbocycles. The van der Waals surface area contributed by atoms with E-state index in [1.165, 1.54) is 24.8 Å². The number of ether oxygens (including phenoxy) is 1. The van der Waals surface area contributed by atoms with Crippen LogP contribution < -0.4 is 0 Å². The lowest BCUT2D eigenvalue weighted by molar-refractivity contribution is -0.137. The zero-order valence-electron chi connectivity index (χ0n) is 14.2. The Morgan fingerprint density at radius 1 is 0.905 bits per heavy atom. The molecule has 0 aromatic heterocycles. The summed E-state index contributed by atoms with van der Waals surface area (Å²) in [5.74, 6) is 6.28. The van der Waals surface area contributed by atoms with Gasteiger partial charge in [0.25, 0.3) is 0 Å². The Labute approximate surface area is 131 Å². The second-order valence-electron chi connectivity index (χ2n) is 5.32. The molecule has 0 aromatic carbocycles. The molecule has 21 heavy (non-hydrogen) atoms. The van der Waals surface area contributed by atoms with E-state index in [-0.39, 0.29) is 5.97 Å². The first-order chi connectivity index (χ1) is 10.2. The van der Waals surface area contributed by atoms with Gasteiger partial charge in [-0.15, -0.1) is 11.8 Å². The van der Waals surface area contributed by atoms with Crippen molar-refractivity contribution in [2.45, 2.75) is 85.0 Å². The lowest BCUT2D eigenvalue weighted by atomic mass is 10.0. The Morgan fingerprint density at radius 2 is 1.52 bits per heavy atom. The van der Waals surface area contributed by atoms with Gasteiger partial charge in [0.2, 0.25) is 0 Å². The van der Waals surface area contributed by atoms with Crippen molar-refractivity contribution in [3.8, 4) is 11.8 Å². The summed E-state index contributed by atoms with van der Waals surface area (Å²) in [5.41, 5.74) is 1.21. The van der Waals surface area contributed by atoms with E-state index in [4.69, 9.17) is 4.74 Å². The molecule has 0 heterocycles. The minimum atomic E-state index is -0.200. The molecular formula is C19H32O2. The van der Waals surface area contributed by atoms with Crippen LogP contribution in [0, 0.1) is 11.8 Å². The van der Waals surface area contributed by atoms with Crippen LogP contribution in [-0.2, 0) is 9.53 Å². The quantitative estimate of drug-likeness (QED) is 0.220. The van der Waals surface area contributed by atoms with Crippen molar-refractivity contribution in [1.29, 1.82) is 0 Å². The fraction of sp³-hybridized carbons (Fsp3) is 0.737. The van der Waals surface area contributed by atoms with Gasteiger partial charge in [0.05, 0.1) is 6.61 Å². The zero-order chi connectivity index (χ0) is 15.8. The smallest absolute Gasteiger partial charge is 0.330 e. The van der Waals surface area contributed by atoms with Gasteiger partial charge in [-0.05, 0) is 39.0 Å². The summed E-state index contributed by atoms with van der Waals surface area (Å²) in [5, 5.41) is 0. The van der Waals surface area contributed by atoms with Crippen LogP contribution in [0.25, 0.3) is 0 Å². The van der Waals surface area contributed by atoms with E-state index in [0.29, 0.717) is 6.61 Å². The maximum Gasteiger partial charge on any atom is 0.330 e. The SMILES string of the molecule is CCCCCC#CCCC/C(=C/C(=O)OCC)CCCC. The molecule has 0 aromatic rings. The first-order valence-corrected chi connectivity index (χ1v) is 8.56. The topological polar surface area (TPSA) is 26.3 Å². The molecule has 0 spiro atoms. The van der Waals surface area contributed by atoms with Crippen molar-refractivity contribution in [3.63, 3.8) is 0 Å². The van der Waals surface area contributed by atoms with Crippen LogP contribution in [0.3, 0.4) is 0 Å². The van der Waals surface area contributed by atoms with Gasteiger partial charge >= 0.3 is 5.97 Å². The van der Waals surface area contributed by atoms with Gasteiger partial charge in [-0.25, -0.2) is 4.79 Å². The number of carbonyl (C=O) groups excluding carboxylic acids is 1. The van der Waals surface area contributed by atoms with Crippen molar-refractivity contribution >= 4 is 5.97 Å². The van der Waals surface area contributed by atoms with Crippen LogP contribution in [0.2, 0.25) is 0 Å². The minimum Gasteiger partial charge on any atom is -0.463 e. The molecule has 0 amide bonds. The highest BCUT2D eigenvalue weighted by molar-refractivity contribution is 5.82. The van der Waals surface area contributed by atoms with Gasteiger partial charge in [-0.2, -0.15) is 0 Å². The molecule has 0 unspecified atom stereocenters. The second kappa shape index (κ2) is 15.2. The van der Waals surface area contributed by atoms with Crippen molar-refractivity contribution < 1.29 is 9.53 Å². The van der Waals surface area contributed by atoms with Gasteiger partial charge in [0.15, 0.2) is 0 Å². The molecule has 0 saturated carbocycles. The van der Waals surface area contributed by atoms with Crippen LogP contribution in [0.15, 0.2) is 11.6 Å². The summed E-state index contributed by atoms with van der Waals surface area (Å²) in [7, 11) is 0. The number of rotatable bonds is 11. The number of carbonyl (C=O) groups is 1. The van der Waals surface area contributed by atoms with Crippen molar-refractivity contribution in [2.75, 3.05) is 6.61 Å². The largest absolute Gasteiger partial charge is 0.463 e. The predicted octanol–water partition coefficient (Wildman–Crippen LogP) is 5.42. The first kappa shape index (κ1) is 19.8. The summed E-state index contributed by atoms with van der Waals surface area (Å²) in [6.07, 6.45) is 12.7. The molecule has 0 bridgehead atoms.